The highest BCUT2D eigenvalue weighted by Crippen LogP contribution is 2.66. The third-order valence-corrected chi connectivity index (χ3v) is 13.9. The third-order valence-electron chi connectivity index (χ3n) is 13.4. The largest absolute Gasteiger partial charge is 0.497 e. The number of ether oxygens (including phenoxy) is 1. The van der Waals surface area contributed by atoms with Crippen molar-refractivity contribution in [2.75, 3.05) is 7.11 Å². The van der Waals surface area contributed by atoms with E-state index >= 15 is 0 Å². The number of benzene rings is 1. The fourth-order valence-electron chi connectivity index (χ4n) is 10.6. The number of fused-ring (bicyclic) bond motifs is 4. The van der Waals surface area contributed by atoms with Crippen LogP contribution in [0.2, 0.25) is 0 Å². The number of aliphatic carboxylic acids is 1. The lowest BCUT2D eigenvalue weighted by atomic mass is 9.47. The molecule has 0 heterocycles. The van der Waals surface area contributed by atoms with Gasteiger partial charge in [0.25, 0.3) is 0 Å². The van der Waals surface area contributed by atoms with E-state index in [-0.39, 0.29) is 22.7 Å². The normalized spacial score (nSPS) is 33.4. The molecule has 0 aliphatic heterocycles. The van der Waals surface area contributed by atoms with Crippen LogP contribution >= 0.6 is 0 Å². The zero-order chi connectivity index (χ0) is 35.2. The molecule has 0 bridgehead atoms. The minimum Gasteiger partial charge on any atom is -0.497 e. The molecule has 0 unspecified atom stereocenters. The molecule has 0 aromatic heterocycles. The smallest absolute Gasteiger partial charge is 0.397 e. The first-order valence-corrected chi connectivity index (χ1v) is 19.1. The molecule has 4 aliphatic carbocycles. The lowest BCUT2D eigenvalue weighted by Gasteiger charge is -2.58. The SMILES string of the molecule is C=C(C(=O)N[C@H](C(=O)O)c1ccc(OC)cc1)[C@H](C)CC[C@@H](C)[C@H]1CCC2=C3CC[C@H]4[C@H](C)[C@@H](OS(=O)(=O)O)CC[C@]4(C)[C@H]3CC[C@@]21C. The summed E-state index contributed by atoms with van der Waals surface area (Å²) in [7, 11) is -2.93. The number of carbonyl (C=O) groups is 2. The minimum absolute atomic E-state index is 0.0677. The summed E-state index contributed by atoms with van der Waals surface area (Å²) in [4.78, 5) is 25.2. The highest BCUT2D eigenvalue weighted by molar-refractivity contribution is 7.80. The van der Waals surface area contributed by atoms with Crippen LogP contribution in [0.3, 0.4) is 0 Å². The number of hydrogen-bond acceptors (Lipinski definition) is 6. The number of rotatable bonds is 12. The van der Waals surface area contributed by atoms with Crippen LogP contribution in [-0.4, -0.2) is 43.2 Å². The van der Waals surface area contributed by atoms with Crippen molar-refractivity contribution in [3.8, 4) is 5.75 Å². The van der Waals surface area contributed by atoms with Crippen LogP contribution in [-0.2, 0) is 24.2 Å². The van der Waals surface area contributed by atoms with E-state index in [0.29, 0.717) is 47.0 Å². The predicted octanol–water partition coefficient (Wildman–Crippen LogP) is 7.70. The molecule has 4 aliphatic rings. The summed E-state index contributed by atoms with van der Waals surface area (Å²) in [6.07, 6.45) is 9.54. The molecule has 0 radical (unpaired) electrons. The van der Waals surface area contributed by atoms with Gasteiger partial charge in [-0.05, 0) is 128 Å². The second kappa shape index (κ2) is 13.9. The average Bonchev–Trinajstić information content (AvgIpc) is 3.40. The Labute approximate surface area is 286 Å². The van der Waals surface area contributed by atoms with Crippen molar-refractivity contribution in [3.05, 3.63) is 53.1 Å². The zero-order valence-electron chi connectivity index (χ0n) is 29.5. The Morgan fingerprint density at radius 1 is 1.04 bits per heavy atom. The van der Waals surface area contributed by atoms with E-state index in [1.54, 1.807) is 42.5 Å². The molecule has 266 valence electrons. The zero-order valence-corrected chi connectivity index (χ0v) is 30.3. The molecule has 9 nitrogen and oxygen atoms in total. The number of hydrogen-bond donors (Lipinski definition) is 3. The molecule has 1 aromatic carbocycles. The van der Waals surface area contributed by atoms with Gasteiger partial charge in [-0.25, -0.2) is 8.98 Å². The summed E-state index contributed by atoms with van der Waals surface area (Å²) in [6.45, 7) is 15.4. The first-order valence-electron chi connectivity index (χ1n) is 17.7. The molecule has 0 saturated heterocycles. The predicted molar refractivity (Wildman–Crippen MR) is 184 cm³/mol. The maximum atomic E-state index is 13.1. The summed E-state index contributed by atoms with van der Waals surface area (Å²) in [5.41, 5.74) is 4.48. The van der Waals surface area contributed by atoms with Crippen LogP contribution in [0.1, 0.15) is 110 Å². The lowest BCUT2D eigenvalue weighted by Crippen LogP contribution is -2.52. The van der Waals surface area contributed by atoms with Crippen LogP contribution in [0.25, 0.3) is 0 Å². The van der Waals surface area contributed by atoms with E-state index in [1.807, 2.05) is 6.92 Å². The molecule has 10 heteroatoms. The highest BCUT2D eigenvalue weighted by atomic mass is 32.3. The summed E-state index contributed by atoms with van der Waals surface area (Å²) in [5, 5.41) is 12.5. The molecule has 48 heavy (non-hydrogen) atoms. The Kier molecular flexibility index (Phi) is 10.6. The van der Waals surface area contributed by atoms with E-state index in [4.69, 9.17) is 8.92 Å². The van der Waals surface area contributed by atoms with E-state index in [2.05, 4.69) is 39.6 Å². The Hall–Kier alpha value is -2.69. The van der Waals surface area contributed by atoms with Crippen LogP contribution < -0.4 is 10.1 Å². The maximum absolute atomic E-state index is 13.1. The monoisotopic (exact) mass is 685 g/mol. The van der Waals surface area contributed by atoms with Crippen LogP contribution in [0.15, 0.2) is 47.6 Å². The summed E-state index contributed by atoms with van der Waals surface area (Å²) < 4.78 is 42.7. The maximum Gasteiger partial charge on any atom is 0.397 e. The fourth-order valence-corrected chi connectivity index (χ4v) is 11.2. The molecule has 5 rings (SSSR count). The van der Waals surface area contributed by atoms with E-state index < -0.39 is 34.4 Å². The van der Waals surface area contributed by atoms with Crippen molar-refractivity contribution in [1.82, 2.24) is 5.32 Å². The molecule has 3 N–H and O–H groups in total. The van der Waals surface area contributed by atoms with Gasteiger partial charge in [0.1, 0.15) is 5.75 Å². The van der Waals surface area contributed by atoms with Gasteiger partial charge in [-0.15, -0.1) is 0 Å². The molecule has 3 fully saturated rings. The van der Waals surface area contributed by atoms with Crippen molar-refractivity contribution in [1.29, 1.82) is 0 Å². The Morgan fingerprint density at radius 3 is 2.35 bits per heavy atom. The number of amides is 1. The molecule has 3 saturated carbocycles. The summed E-state index contributed by atoms with van der Waals surface area (Å²) >= 11 is 0. The van der Waals surface area contributed by atoms with E-state index in [1.165, 1.54) is 6.42 Å². The Morgan fingerprint density at radius 2 is 1.73 bits per heavy atom. The standard InChI is InChI=1S/C38H55NO8S/c1-22(24(3)35(40)39-34(36(41)42)26-10-12-27(46-7)13-11-26)8-9-23(2)29-16-17-31-28-14-15-30-25(4)33(47-48(43,44)45)19-21-38(30,6)32(28)18-20-37(29,31)5/h10-13,22-23,25,29-30,32-34H,3,8-9,14-21H2,1-2,4-7H3,(H,39,40)(H,41,42)(H,43,44,45)/t22-,23-,25+,29-,30+,32+,33+,34+,37-,38+/m1/s1. The number of carbonyl (C=O) groups excluding carboxylic acids is 1. The quantitative estimate of drug-likeness (QED) is 0.116. The van der Waals surface area contributed by atoms with Crippen LogP contribution in [0, 0.1) is 46.3 Å². The topological polar surface area (TPSA) is 139 Å². The van der Waals surface area contributed by atoms with Gasteiger partial charge in [0.05, 0.1) is 13.2 Å². The van der Waals surface area contributed by atoms with Gasteiger partial charge in [0.15, 0.2) is 6.04 Å². The average molecular weight is 686 g/mol. The fraction of sp³-hybridized carbons (Fsp3) is 0.684. The van der Waals surface area contributed by atoms with E-state index in [0.717, 1.165) is 51.4 Å². The Bertz CT molecular complexity index is 1540. The first-order chi connectivity index (χ1) is 22.5. The van der Waals surface area contributed by atoms with Gasteiger partial charge in [0, 0.05) is 5.57 Å². The van der Waals surface area contributed by atoms with E-state index in [9.17, 15) is 27.7 Å². The van der Waals surface area contributed by atoms with Gasteiger partial charge >= 0.3 is 16.4 Å². The summed E-state index contributed by atoms with van der Waals surface area (Å²) in [6, 6.07) is 5.47. The number of carboxylic acids is 1. The van der Waals surface area contributed by atoms with Crippen molar-refractivity contribution in [2.45, 2.75) is 111 Å². The third kappa shape index (κ3) is 6.99. The molecule has 0 spiro atoms. The number of allylic oxidation sites excluding steroid dienone is 2. The number of methoxy groups -OCH3 is 1. The molecular formula is C38H55NO8S. The van der Waals surface area contributed by atoms with Crippen molar-refractivity contribution in [2.24, 2.45) is 46.3 Å². The van der Waals surface area contributed by atoms with Crippen molar-refractivity contribution < 1.29 is 36.6 Å². The second-order valence-corrected chi connectivity index (χ2v) is 16.8. The molecule has 10 atom stereocenters. The van der Waals surface area contributed by atoms with Gasteiger partial charge < -0.3 is 15.2 Å². The van der Waals surface area contributed by atoms with Crippen molar-refractivity contribution in [3.63, 3.8) is 0 Å². The number of carboxylic acid groups (broad SMARTS) is 1. The van der Waals surface area contributed by atoms with Gasteiger partial charge in [0.2, 0.25) is 5.91 Å². The van der Waals surface area contributed by atoms with Gasteiger partial charge in [-0.2, -0.15) is 8.42 Å². The van der Waals surface area contributed by atoms with Gasteiger partial charge in [-0.3, -0.25) is 9.35 Å². The minimum atomic E-state index is -4.47. The lowest BCUT2D eigenvalue weighted by molar-refractivity contribution is -0.141. The number of nitrogens with one attached hydrogen (secondary N) is 1. The van der Waals surface area contributed by atoms with Crippen molar-refractivity contribution >= 4 is 22.3 Å². The van der Waals surface area contributed by atoms with Crippen LogP contribution in [0.5, 0.6) is 5.75 Å². The van der Waals surface area contributed by atoms with Gasteiger partial charge in [-0.1, -0.05) is 64.5 Å². The summed E-state index contributed by atoms with van der Waals surface area (Å²) in [5.74, 6) is 0.925. The highest BCUT2D eigenvalue weighted by Gasteiger charge is 2.57. The molecule has 1 aromatic rings. The molecule has 1 amide bonds. The second-order valence-electron chi connectivity index (χ2n) is 15.8. The molecular weight excluding hydrogens is 630 g/mol. The van der Waals surface area contributed by atoms with Crippen LogP contribution in [0.4, 0.5) is 0 Å². The Balaban J connectivity index is 1.21. The first kappa shape index (κ1) is 36.6.